The van der Waals surface area contributed by atoms with Gasteiger partial charge in [0, 0.05) is 6.07 Å². The molecule has 0 aliphatic heterocycles. The van der Waals surface area contributed by atoms with E-state index in [1.807, 2.05) is 33.8 Å². The molecular formula is C21H27NO6. The van der Waals surface area contributed by atoms with Crippen LogP contribution < -0.4 is 4.74 Å². The molecule has 0 aliphatic carbocycles. The molecule has 0 bridgehead atoms. The van der Waals surface area contributed by atoms with Crippen LogP contribution in [0.3, 0.4) is 0 Å². The van der Waals surface area contributed by atoms with Crippen molar-refractivity contribution in [3.05, 3.63) is 70.3 Å². The molecular weight excluding hydrogens is 362 g/mol. The third kappa shape index (κ3) is 9.14. The molecule has 0 saturated heterocycles. The molecule has 0 amide bonds. The van der Waals surface area contributed by atoms with Crippen molar-refractivity contribution in [1.29, 1.82) is 0 Å². The van der Waals surface area contributed by atoms with Crippen molar-refractivity contribution in [2.75, 3.05) is 13.2 Å². The molecule has 0 spiro atoms. The largest absolute Gasteiger partial charge is 0.484 e. The van der Waals surface area contributed by atoms with Crippen molar-refractivity contribution < 1.29 is 23.9 Å². The quantitative estimate of drug-likeness (QED) is 0.283. The van der Waals surface area contributed by atoms with Crippen molar-refractivity contribution in [2.45, 2.75) is 39.9 Å². The number of nitro groups is 1. The third-order valence-electron chi connectivity index (χ3n) is 3.20. The van der Waals surface area contributed by atoms with E-state index in [1.54, 1.807) is 42.5 Å². The van der Waals surface area contributed by atoms with Gasteiger partial charge in [0.25, 0.3) is 0 Å². The van der Waals surface area contributed by atoms with Gasteiger partial charge in [-0.15, -0.1) is 0 Å². The Kier molecular flexibility index (Phi) is 10.3. The maximum absolute atomic E-state index is 11.4. The number of nitro benzene ring substituents is 1. The lowest BCUT2D eigenvalue weighted by Crippen LogP contribution is -2.13. The van der Waals surface area contributed by atoms with Gasteiger partial charge in [0.15, 0.2) is 5.75 Å². The highest BCUT2D eigenvalue weighted by Gasteiger charge is 2.14. The Morgan fingerprint density at radius 3 is 2.11 bits per heavy atom. The van der Waals surface area contributed by atoms with Crippen LogP contribution in [0, 0.1) is 10.1 Å². The Bertz CT molecular complexity index is 731. The van der Waals surface area contributed by atoms with Gasteiger partial charge in [0.05, 0.1) is 29.3 Å². The predicted octanol–water partition coefficient (Wildman–Crippen LogP) is 4.65. The Labute approximate surface area is 165 Å². The molecule has 2 rings (SSSR count). The van der Waals surface area contributed by atoms with Crippen LogP contribution in [0.25, 0.3) is 0 Å². The number of nitrogens with zero attached hydrogens (tertiary/aromatic N) is 1. The second-order valence-electron chi connectivity index (χ2n) is 6.31. The van der Waals surface area contributed by atoms with E-state index in [0.29, 0.717) is 24.5 Å². The van der Waals surface area contributed by atoms with Gasteiger partial charge in [-0.3, -0.25) is 10.1 Å². The van der Waals surface area contributed by atoms with Crippen LogP contribution in [0.2, 0.25) is 0 Å². The molecule has 2 aromatic rings. The fourth-order valence-corrected chi connectivity index (χ4v) is 2.04. The minimum Gasteiger partial charge on any atom is -0.484 e. The van der Waals surface area contributed by atoms with Crippen LogP contribution in [-0.2, 0) is 9.47 Å². The normalized spacial score (nSPS) is 10.2. The van der Waals surface area contributed by atoms with E-state index in [4.69, 9.17) is 14.2 Å². The molecule has 0 aliphatic rings. The fraction of sp³-hybridized carbons (Fsp3) is 0.381. The summed E-state index contributed by atoms with van der Waals surface area (Å²) in [6.07, 6.45) is 0.113. The number of hydrogen-bond donors (Lipinski definition) is 0. The molecule has 28 heavy (non-hydrogen) atoms. The molecule has 0 unspecified atom stereocenters. The molecule has 7 heteroatoms. The topological polar surface area (TPSA) is 87.9 Å². The summed E-state index contributed by atoms with van der Waals surface area (Å²) < 4.78 is 15.5. The monoisotopic (exact) mass is 389 g/mol. The van der Waals surface area contributed by atoms with E-state index < -0.39 is 4.92 Å². The Morgan fingerprint density at radius 2 is 1.54 bits per heavy atom. The fourth-order valence-electron chi connectivity index (χ4n) is 2.04. The molecule has 7 nitrogen and oxygen atoms in total. The van der Waals surface area contributed by atoms with E-state index in [-0.39, 0.29) is 23.9 Å². The molecule has 0 radical (unpaired) electrons. The van der Waals surface area contributed by atoms with E-state index in [9.17, 15) is 14.9 Å². The smallest absolute Gasteiger partial charge is 0.338 e. The van der Waals surface area contributed by atoms with E-state index in [2.05, 4.69) is 0 Å². The second kappa shape index (κ2) is 12.5. The first kappa shape index (κ1) is 23.1. The first-order valence-electron chi connectivity index (χ1n) is 9.05. The highest BCUT2D eigenvalue weighted by atomic mass is 16.6. The van der Waals surface area contributed by atoms with Gasteiger partial charge in [0.2, 0.25) is 0 Å². The number of esters is 1. The first-order chi connectivity index (χ1) is 13.3. The minimum atomic E-state index is -0.447. The summed E-state index contributed by atoms with van der Waals surface area (Å²) in [5.41, 5.74) is 0.582. The molecule has 152 valence electrons. The van der Waals surface area contributed by atoms with E-state index >= 15 is 0 Å². The predicted molar refractivity (Wildman–Crippen MR) is 107 cm³/mol. The zero-order valence-electron chi connectivity index (χ0n) is 16.7. The van der Waals surface area contributed by atoms with Crippen molar-refractivity contribution in [2.24, 2.45) is 0 Å². The number of para-hydroxylation sites is 2. The van der Waals surface area contributed by atoms with Gasteiger partial charge in [0.1, 0.15) is 6.61 Å². The van der Waals surface area contributed by atoms with Crippen molar-refractivity contribution in [3.63, 3.8) is 0 Å². The summed E-state index contributed by atoms with van der Waals surface area (Å²) in [6, 6.07) is 15.3. The molecule has 0 aromatic heterocycles. The number of rotatable bonds is 8. The van der Waals surface area contributed by atoms with Gasteiger partial charge in [-0.25, -0.2) is 4.79 Å². The third-order valence-corrected chi connectivity index (χ3v) is 3.20. The van der Waals surface area contributed by atoms with Crippen LogP contribution in [0.1, 0.15) is 38.1 Å². The van der Waals surface area contributed by atoms with Crippen molar-refractivity contribution in [3.8, 4) is 5.75 Å². The lowest BCUT2D eigenvalue weighted by Gasteiger charge is -2.08. The summed E-state index contributed by atoms with van der Waals surface area (Å²) in [6.45, 7) is 8.29. The Hall–Kier alpha value is -2.93. The average molecular weight is 389 g/mol. The summed E-state index contributed by atoms with van der Waals surface area (Å²) in [5.74, 6) is 0.0189. The van der Waals surface area contributed by atoms with Crippen molar-refractivity contribution in [1.82, 2.24) is 0 Å². The van der Waals surface area contributed by atoms with Gasteiger partial charge in [-0.1, -0.05) is 30.3 Å². The van der Waals surface area contributed by atoms with Crippen LogP contribution in [-0.4, -0.2) is 36.3 Å². The van der Waals surface area contributed by atoms with Gasteiger partial charge in [-0.2, -0.15) is 0 Å². The summed E-state index contributed by atoms with van der Waals surface area (Å²) in [5, 5.41) is 10.5. The standard InChI is InChI=1S/C12H16O3.C9H11NO3/c1-10(2)14-8-9-15-12(13)11-6-4-3-5-7-11;1-7(2)13-9-6-4-3-5-8(9)10(11)12/h3-7,10H,8-9H2,1-2H3;3-7H,1-2H3. The Morgan fingerprint density at radius 1 is 0.929 bits per heavy atom. The van der Waals surface area contributed by atoms with E-state index in [0.717, 1.165) is 0 Å². The highest BCUT2D eigenvalue weighted by molar-refractivity contribution is 5.89. The molecule has 0 atom stereocenters. The first-order valence-corrected chi connectivity index (χ1v) is 9.05. The lowest BCUT2D eigenvalue weighted by molar-refractivity contribution is -0.386. The van der Waals surface area contributed by atoms with Gasteiger partial charge in [-0.05, 0) is 45.9 Å². The van der Waals surface area contributed by atoms with Gasteiger partial charge >= 0.3 is 11.7 Å². The zero-order valence-corrected chi connectivity index (χ0v) is 16.7. The number of benzene rings is 2. The van der Waals surface area contributed by atoms with Crippen molar-refractivity contribution >= 4 is 11.7 Å². The molecule has 2 aromatic carbocycles. The number of hydrogen-bond acceptors (Lipinski definition) is 6. The molecule has 0 N–H and O–H groups in total. The summed E-state index contributed by atoms with van der Waals surface area (Å²) in [4.78, 5) is 21.5. The summed E-state index contributed by atoms with van der Waals surface area (Å²) >= 11 is 0. The molecule has 0 saturated carbocycles. The van der Waals surface area contributed by atoms with Crippen LogP contribution in [0.4, 0.5) is 5.69 Å². The second-order valence-corrected chi connectivity index (χ2v) is 6.31. The van der Waals surface area contributed by atoms with Crippen LogP contribution >= 0.6 is 0 Å². The zero-order chi connectivity index (χ0) is 20.9. The van der Waals surface area contributed by atoms with Crippen LogP contribution in [0.15, 0.2) is 54.6 Å². The number of ether oxygens (including phenoxy) is 3. The molecule has 0 heterocycles. The maximum atomic E-state index is 11.4. The lowest BCUT2D eigenvalue weighted by atomic mass is 10.2. The number of carbonyl (C=O) groups excluding carboxylic acids is 1. The average Bonchev–Trinajstić information content (AvgIpc) is 2.66. The van der Waals surface area contributed by atoms with E-state index in [1.165, 1.54) is 6.07 Å². The maximum Gasteiger partial charge on any atom is 0.338 e. The highest BCUT2D eigenvalue weighted by Crippen LogP contribution is 2.26. The SMILES string of the molecule is CC(C)OCCOC(=O)c1ccccc1.CC(C)Oc1ccccc1[N+](=O)[O-]. The van der Waals surface area contributed by atoms with Gasteiger partial charge < -0.3 is 14.2 Å². The summed E-state index contributed by atoms with van der Waals surface area (Å²) in [7, 11) is 0. The van der Waals surface area contributed by atoms with Crippen LogP contribution in [0.5, 0.6) is 5.75 Å². The Balaban J connectivity index is 0.000000283. The molecule has 0 fully saturated rings. The number of carbonyl (C=O) groups is 1. The minimum absolute atomic E-state index is 0.0104.